The number of carbonyl (C=O) groups is 2. The Hall–Kier alpha value is -3.36. The molecule has 0 saturated carbocycles. The smallest absolute Gasteiger partial charge is 0.328 e. The Labute approximate surface area is 168 Å². The van der Waals surface area contributed by atoms with E-state index in [0.29, 0.717) is 24.3 Å². The molecule has 0 heterocycles. The van der Waals surface area contributed by atoms with Crippen molar-refractivity contribution < 1.29 is 35.1 Å². The van der Waals surface area contributed by atoms with Crippen LogP contribution in [0.15, 0.2) is 60.7 Å². The Kier molecular flexibility index (Phi) is 9.94. The van der Waals surface area contributed by atoms with Gasteiger partial charge in [-0.3, -0.25) is 0 Å². The standard InChI is InChI=1S/C17H21NO3.C4H4O4/c1-18(8-7-13-5-3-2-4-6-13)12-17(21)14-9-15(19)11-16(20)10-14;5-3(6)1-2-4(7)8/h2-6,9-11,17,19-21H,7-8,12H2,1H3;1-2H,(H,5,6)(H,7,8)/b;2-1+. The van der Waals surface area contributed by atoms with Crippen LogP contribution in [-0.4, -0.2) is 62.5 Å². The highest BCUT2D eigenvalue weighted by Gasteiger charge is 2.12. The summed E-state index contributed by atoms with van der Waals surface area (Å²) in [5.74, 6) is -2.60. The molecule has 0 bridgehead atoms. The van der Waals surface area contributed by atoms with Gasteiger partial charge in [0.2, 0.25) is 0 Å². The van der Waals surface area contributed by atoms with Crippen LogP contribution in [0.5, 0.6) is 11.5 Å². The van der Waals surface area contributed by atoms with Crippen LogP contribution in [0.4, 0.5) is 0 Å². The maximum Gasteiger partial charge on any atom is 0.328 e. The fourth-order valence-electron chi connectivity index (χ4n) is 2.41. The first-order valence-electron chi connectivity index (χ1n) is 8.74. The second-order valence-electron chi connectivity index (χ2n) is 6.31. The van der Waals surface area contributed by atoms with E-state index in [-0.39, 0.29) is 11.5 Å². The van der Waals surface area contributed by atoms with Gasteiger partial charge in [0, 0.05) is 31.3 Å². The van der Waals surface area contributed by atoms with E-state index in [1.807, 2.05) is 30.1 Å². The van der Waals surface area contributed by atoms with Gasteiger partial charge >= 0.3 is 11.9 Å². The number of aliphatic hydroxyl groups is 1. The molecule has 0 radical (unpaired) electrons. The van der Waals surface area contributed by atoms with E-state index in [1.165, 1.54) is 23.8 Å². The SMILES string of the molecule is CN(CCc1ccccc1)CC(O)c1cc(O)cc(O)c1.O=C(O)/C=C/C(=O)O. The Balaban J connectivity index is 0.000000447. The number of carboxylic acid groups (broad SMARTS) is 2. The van der Waals surface area contributed by atoms with Gasteiger partial charge in [-0.1, -0.05) is 30.3 Å². The van der Waals surface area contributed by atoms with Gasteiger partial charge in [-0.05, 0) is 36.7 Å². The minimum absolute atomic E-state index is 0.0454. The second-order valence-corrected chi connectivity index (χ2v) is 6.31. The molecule has 2 aromatic carbocycles. The Bertz CT molecular complexity index is 785. The van der Waals surface area contributed by atoms with Gasteiger partial charge in [0.05, 0.1) is 6.10 Å². The predicted molar refractivity (Wildman–Crippen MR) is 107 cm³/mol. The summed E-state index contributed by atoms with van der Waals surface area (Å²) in [6.45, 7) is 1.27. The lowest BCUT2D eigenvalue weighted by Gasteiger charge is -2.21. The summed E-state index contributed by atoms with van der Waals surface area (Å²) >= 11 is 0. The average Bonchev–Trinajstić information content (AvgIpc) is 2.65. The van der Waals surface area contributed by atoms with Crippen LogP contribution < -0.4 is 0 Å². The van der Waals surface area contributed by atoms with Crippen molar-refractivity contribution in [1.29, 1.82) is 0 Å². The van der Waals surface area contributed by atoms with Crippen LogP contribution in [0.2, 0.25) is 0 Å². The molecule has 0 aliphatic carbocycles. The van der Waals surface area contributed by atoms with Crippen LogP contribution >= 0.6 is 0 Å². The number of hydrogen-bond acceptors (Lipinski definition) is 6. The molecule has 0 aromatic heterocycles. The quantitative estimate of drug-likeness (QED) is 0.422. The highest BCUT2D eigenvalue weighted by atomic mass is 16.4. The number of benzene rings is 2. The summed E-state index contributed by atoms with van der Waals surface area (Å²) in [5.41, 5.74) is 1.77. The largest absolute Gasteiger partial charge is 0.508 e. The van der Waals surface area contributed by atoms with Gasteiger partial charge < -0.3 is 30.4 Å². The van der Waals surface area contributed by atoms with Crippen molar-refractivity contribution in [2.45, 2.75) is 12.5 Å². The maximum absolute atomic E-state index is 10.2. The highest BCUT2D eigenvalue weighted by Crippen LogP contribution is 2.25. The molecular formula is C21H25NO7. The molecule has 0 amide bonds. The third-order valence-electron chi connectivity index (χ3n) is 3.79. The molecule has 0 spiro atoms. The number of aliphatic hydroxyl groups excluding tert-OH is 1. The zero-order valence-corrected chi connectivity index (χ0v) is 16.0. The molecule has 2 rings (SSSR count). The molecule has 5 N–H and O–H groups in total. The Morgan fingerprint density at radius 3 is 1.97 bits per heavy atom. The number of rotatable bonds is 8. The van der Waals surface area contributed by atoms with E-state index in [0.717, 1.165) is 13.0 Å². The topological polar surface area (TPSA) is 139 Å². The number of phenolic OH excluding ortho intramolecular Hbond substituents is 2. The molecule has 1 unspecified atom stereocenters. The average molecular weight is 403 g/mol. The summed E-state index contributed by atoms with van der Waals surface area (Å²) in [6, 6.07) is 14.4. The van der Waals surface area contributed by atoms with Crippen LogP contribution in [-0.2, 0) is 16.0 Å². The number of likely N-dealkylation sites (N-methyl/N-ethyl adjacent to an activating group) is 1. The summed E-state index contributed by atoms with van der Waals surface area (Å²) in [6.07, 6.45) is 1.28. The molecule has 1 atom stereocenters. The van der Waals surface area contributed by atoms with E-state index >= 15 is 0 Å². The second kappa shape index (κ2) is 12.2. The summed E-state index contributed by atoms with van der Waals surface area (Å²) in [4.78, 5) is 21.1. The van der Waals surface area contributed by atoms with Crippen LogP contribution in [0, 0.1) is 0 Å². The van der Waals surface area contributed by atoms with Crippen molar-refractivity contribution in [2.24, 2.45) is 0 Å². The minimum Gasteiger partial charge on any atom is -0.508 e. The molecule has 0 aliphatic heterocycles. The lowest BCUT2D eigenvalue weighted by molar-refractivity contribution is -0.134. The van der Waals surface area contributed by atoms with E-state index in [1.54, 1.807) is 0 Å². The summed E-state index contributed by atoms with van der Waals surface area (Å²) in [7, 11) is 1.94. The van der Waals surface area contributed by atoms with Crippen LogP contribution in [0.1, 0.15) is 17.2 Å². The predicted octanol–water partition coefficient (Wildman–Crippen LogP) is 2.02. The monoisotopic (exact) mass is 403 g/mol. The number of aromatic hydroxyl groups is 2. The molecular weight excluding hydrogens is 378 g/mol. The van der Waals surface area contributed by atoms with Crippen molar-refractivity contribution in [3.8, 4) is 11.5 Å². The van der Waals surface area contributed by atoms with Gasteiger partial charge in [0.15, 0.2) is 0 Å². The summed E-state index contributed by atoms with van der Waals surface area (Å²) in [5, 5.41) is 44.7. The van der Waals surface area contributed by atoms with E-state index in [9.17, 15) is 24.9 Å². The zero-order valence-electron chi connectivity index (χ0n) is 16.0. The third kappa shape index (κ3) is 10.5. The molecule has 156 valence electrons. The molecule has 29 heavy (non-hydrogen) atoms. The van der Waals surface area contributed by atoms with Gasteiger partial charge in [0.1, 0.15) is 11.5 Å². The summed E-state index contributed by atoms with van der Waals surface area (Å²) < 4.78 is 0. The van der Waals surface area contributed by atoms with Gasteiger partial charge in [0.25, 0.3) is 0 Å². The lowest BCUT2D eigenvalue weighted by Crippen LogP contribution is -2.26. The molecule has 2 aromatic rings. The van der Waals surface area contributed by atoms with Crippen molar-refractivity contribution in [1.82, 2.24) is 4.90 Å². The number of aliphatic carboxylic acids is 2. The number of nitrogens with zero attached hydrogens (tertiary/aromatic N) is 1. The molecule has 0 aliphatic rings. The third-order valence-corrected chi connectivity index (χ3v) is 3.79. The van der Waals surface area contributed by atoms with Crippen molar-refractivity contribution in [3.05, 3.63) is 71.8 Å². The first-order chi connectivity index (χ1) is 13.7. The Morgan fingerprint density at radius 2 is 1.48 bits per heavy atom. The van der Waals surface area contributed by atoms with E-state index < -0.39 is 18.0 Å². The molecule has 8 heteroatoms. The number of hydrogen-bond donors (Lipinski definition) is 5. The first kappa shape index (κ1) is 23.7. The molecule has 0 saturated heterocycles. The molecule has 8 nitrogen and oxygen atoms in total. The number of carboxylic acids is 2. The van der Waals surface area contributed by atoms with Crippen molar-refractivity contribution in [2.75, 3.05) is 20.1 Å². The van der Waals surface area contributed by atoms with Crippen molar-refractivity contribution >= 4 is 11.9 Å². The lowest BCUT2D eigenvalue weighted by atomic mass is 10.1. The van der Waals surface area contributed by atoms with Gasteiger partial charge in [-0.25, -0.2) is 9.59 Å². The number of phenols is 2. The van der Waals surface area contributed by atoms with Crippen LogP contribution in [0.25, 0.3) is 0 Å². The minimum atomic E-state index is -1.26. The van der Waals surface area contributed by atoms with Crippen LogP contribution in [0.3, 0.4) is 0 Å². The fraction of sp³-hybridized carbons (Fsp3) is 0.238. The molecule has 0 fully saturated rings. The maximum atomic E-state index is 10.2. The first-order valence-corrected chi connectivity index (χ1v) is 8.74. The van der Waals surface area contributed by atoms with Gasteiger partial charge in [-0.15, -0.1) is 0 Å². The Morgan fingerprint density at radius 1 is 0.966 bits per heavy atom. The van der Waals surface area contributed by atoms with E-state index in [4.69, 9.17) is 10.2 Å². The normalized spacial score (nSPS) is 11.7. The van der Waals surface area contributed by atoms with Crippen molar-refractivity contribution in [3.63, 3.8) is 0 Å². The van der Waals surface area contributed by atoms with E-state index in [2.05, 4.69) is 12.1 Å². The van der Waals surface area contributed by atoms with Gasteiger partial charge in [-0.2, -0.15) is 0 Å². The fourth-order valence-corrected chi connectivity index (χ4v) is 2.41. The zero-order chi connectivity index (χ0) is 21.8. The highest BCUT2D eigenvalue weighted by molar-refractivity contribution is 5.89.